The summed E-state index contributed by atoms with van der Waals surface area (Å²) >= 11 is 0. The van der Waals surface area contributed by atoms with Crippen LogP contribution in [0.25, 0.3) is 0 Å². The Kier molecular flexibility index (Phi) is 6.89. The summed E-state index contributed by atoms with van der Waals surface area (Å²) in [4.78, 5) is 27.5. The van der Waals surface area contributed by atoms with Crippen LogP contribution in [0.15, 0.2) is 24.3 Å². The Bertz CT molecular complexity index is 600. The molecule has 1 saturated heterocycles. The molecule has 0 radical (unpaired) electrons. The highest BCUT2D eigenvalue weighted by Gasteiger charge is 2.24. The van der Waals surface area contributed by atoms with Crippen LogP contribution < -0.4 is 5.32 Å². The van der Waals surface area contributed by atoms with Gasteiger partial charge in [-0.25, -0.2) is 4.79 Å². The Labute approximate surface area is 156 Å². The Morgan fingerprint density at radius 2 is 1.62 bits per heavy atom. The zero-order valence-corrected chi connectivity index (χ0v) is 16.4. The number of anilines is 1. The number of rotatable bonds is 5. The van der Waals surface area contributed by atoms with Gasteiger partial charge in [-0.05, 0) is 30.0 Å². The van der Waals surface area contributed by atoms with E-state index in [9.17, 15) is 9.59 Å². The van der Waals surface area contributed by atoms with Gasteiger partial charge in [-0.2, -0.15) is 0 Å². The summed E-state index contributed by atoms with van der Waals surface area (Å²) in [5.74, 6) is 0.118. The van der Waals surface area contributed by atoms with Crippen molar-refractivity contribution in [1.29, 1.82) is 0 Å². The monoisotopic (exact) mass is 361 g/mol. The van der Waals surface area contributed by atoms with Gasteiger partial charge < -0.3 is 19.9 Å². The molecule has 26 heavy (non-hydrogen) atoms. The number of piperazine rings is 1. The lowest BCUT2D eigenvalue weighted by Crippen LogP contribution is -2.50. The van der Waals surface area contributed by atoms with Crippen molar-refractivity contribution >= 4 is 17.7 Å². The smallest absolute Gasteiger partial charge is 0.409 e. The van der Waals surface area contributed by atoms with Gasteiger partial charge in [0.05, 0.1) is 6.61 Å². The highest BCUT2D eigenvalue weighted by molar-refractivity contribution is 5.77. The average Bonchev–Trinajstić information content (AvgIpc) is 2.61. The molecule has 144 valence electrons. The predicted octanol–water partition coefficient (Wildman–Crippen LogP) is 3.09. The molecule has 1 aliphatic rings. The second-order valence-electron chi connectivity index (χ2n) is 7.57. The standard InChI is InChI=1S/C20H31N3O3/c1-5-26-19(25)23-14-12-22(13-15-23)18(24)10-11-21-17-8-6-16(7-9-17)20(2,3)4/h6-9,21H,5,10-15H2,1-4H3. The molecular formula is C20H31N3O3. The number of carbonyl (C=O) groups excluding carboxylic acids is 2. The summed E-state index contributed by atoms with van der Waals surface area (Å²) in [6.45, 7) is 11.5. The molecule has 1 aromatic carbocycles. The van der Waals surface area contributed by atoms with Crippen LogP contribution in [0.2, 0.25) is 0 Å². The van der Waals surface area contributed by atoms with Crippen molar-refractivity contribution < 1.29 is 14.3 Å². The first-order valence-corrected chi connectivity index (χ1v) is 9.35. The summed E-state index contributed by atoms with van der Waals surface area (Å²) in [7, 11) is 0. The summed E-state index contributed by atoms with van der Waals surface area (Å²) in [6.07, 6.45) is 0.153. The van der Waals surface area contributed by atoms with Crippen LogP contribution in [0, 0.1) is 0 Å². The predicted molar refractivity (Wildman–Crippen MR) is 103 cm³/mol. The van der Waals surface area contributed by atoms with E-state index >= 15 is 0 Å². The van der Waals surface area contributed by atoms with E-state index in [0.29, 0.717) is 45.8 Å². The zero-order chi connectivity index (χ0) is 19.2. The largest absolute Gasteiger partial charge is 0.450 e. The second kappa shape index (κ2) is 8.92. The van der Waals surface area contributed by atoms with E-state index < -0.39 is 0 Å². The lowest BCUT2D eigenvalue weighted by atomic mass is 9.87. The van der Waals surface area contributed by atoms with Crippen molar-refractivity contribution in [3.05, 3.63) is 29.8 Å². The summed E-state index contributed by atoms with van der Waals surface area (Å²) in [5.41, 5.74) is 2.46. The first kappa shape index (κ1) is 20.1. The first-order valence-electron chi connectivity index (χ1n) is 9.35. The first-order chi connectivity index (χ1) is 12.3. The van der Waals surface area contributed by atoms with Crippen molar-refractivity contribution in [1.82, 2.24) is 9.80 Å². The topological polar surface area (TPSA) is 61.9 Å². The average molecular weight is 361 g/mol. The molecule has 6 heteroatoms. The minimum atomic E-state index is -0.292. The number of ether oxygens (including phenoxy) is 1. The number of carbonyl (C=O) groups is 2. The highest BCUT2D eigenvalue weighted by atomic mass is 16.6. The third-order valence-electron chi connectivity index (χ3n) is 4.58. The number of amides is 2. The van der Waals surface area contributed by atoms with Crippen molar-refractivity contribution in [3.8, 4) is 0 Å². The number of hydrogen-bond donors (Lipinski definition) is 1. The van der Waals surface area contributed by atoms with Crippen LogP contribution in [-0.4, -0.2) is 61.1 Å². The molecule has 1 N–H and O–H groups in total. The molecule has 0 atom stereocenters. The fourth-order valence-electron chi connectivity index (χ4n) is 2.91. The van der Waals surface area contributed by atoms with E-state index in [2.05, 4.69) is 50.4 Å². The minimum absolute atomic E-state index is 0.118. The van der Waals surface area contributed by atoms with Crippen molar-refractivity contribution in [2.24, 2.45) is 0 Å². The molecular weight excluding hydrogens is 330 g/mol. The molecule has 0 aromatic heterocycles. The van der Waals surface area contributed by atoms with E-state index in [-0.39, 0.29) is 17.4 Å². The Hall–Kier alpha value is -2.24. The maximum atomic E-state index is 12.3. The molecule has 1 fully saturated rings. The molecule has 0 unspecified atom stereocenters. The Balaban J connectivity index is 1.72. The van der Waals surface area contributed by atoms with E-state index in [4.69, 9.17) is 4.74 Å². The van der Waals surface area contributed by atoms with Crippen molar-refractivity contribution in [2.45, 2.75) is 39.5 Å². The van der Waals surface area contributed by atoms with Crippen LogP contribution >= 0.6 is 0 Å². The molecule has 0 spiro atoms. The highest BCUT2D eigenvalue weighted by Crippen LogP contribution is 2.23. The van der Waals surface area contributed by atoms with Gasteiger partial charge in [0.15, 0.2) is 0 Å². The number of benzene rings is 1. The van der Waals surface area contributed by atoms with E-state index in [1.165, 1.54) is 5.56 Å². The SMILES string of the molecule is CCOC(=O)N1CCN(C(=O)CCNc2ccc(C(C)(C)C)cc2)CC1. The fraction of sp³-hybridized carbons (Fsp3) is 0.600. The zero-order valence-electron chi connectivity index (χ0n) is 16.4. The molecule has 1 aromatic rings. The van der Waals surface area contributed by atoms with Crippen LogP contribution in [-0.2, 0) is 14.9 Å². The minimum Gasteiger partial charge on any atom is -0.450 e. The van der Waals surface area contributed by atoms with Crippen LogP contribution in [0.5, 0.6) is 0 Å². The molecule has 2 rings (SSSR count). The lowest BCUT2D eigenvalue weighted by molar-refractivity contribution is -0.132. The maximum absolute atomic E-state index is 12.3. The molecule has 0 bridgehead atoms. The fourth-order valence-corrected chi connectivity index (χ4v) is 2.91. The van der Waals surface area contributed by atoms with Gasteiger partial charge in [-0.1, -0.05) is 32.9 Å². The normalized spacial score (nSPS) is 14.9. The van der Waals surface area contributed by atoms with Gasteiger partial charge in [0.1, 0.15) is 0 Å². The van der Waals surface area contributed by atoms with E-state index in [0.717, 1.165) is 5.69 Å². The molecule has 2 amide bonds. The van der Waals surface area contributed by atoms with E-state index in [1.807, 2.05) is 4.90 Å². The number of nitrogens with one attached hydrogen (secondary N) is 1. The second-order valence-corrected chi connectivity index (χ2v) is 7.57. The van der Waals surface area contributed by atoms with Gasteiger partial charge in [0.2, 0.25) is 5.91 Å². The third-order valence-corrected chi connectivity index (χ3v) is 4.58. The van der Waals surface area contributed by atoms with Gasteiger partial charge >= 0.3 is 6.09 Å². The molecule has 0 aliphatic carbocycles. The summed E-state index contributed by atoms with van der Waals surface area (Å²) < 4.78 is 4.99. The Morgan fingerprint density at radius 3 is 2.15 bits per heavy atom. The maximum Gasteiger partial charge on any atom is 0.409 e. The Morgan fingerprint density at radius 1 is 1.04 bits per heavy atom. The number of nitrogens with zero attached hydrogens (tertiary/aromatic N) is 2. The molecule has 1 aliphatic heterocycles. The van der Waals surface area contributed by atoms with Crippen molar-refractivity contribution in [2.75, 3.05) is 44.6 Å². The van der Waals surface area contributed by atoms with Crippen LogP contribution in [0.3, 0.4) is 0 Å². The van der Waals surface area contributed by atoms with E-state index in [1.54, 1.807) is 11.8 Å². The van der Waals surface area contributed by atoms with Gasteiger partial charge in [0.25, 0.3) is 0 Å². The third kappa shape index (κ3) is 5.64. The molecule has 1 heterocycles. The van der Waals surface area contributed by atoms with Gasteiger partial charge in [-0.3, -0.25) is 4.79 Å². The molecule has 6 nitrogen and oxygen atoms in total. The lowest BCUT2D eigenvalue weighted by Gasteiger charge is -2.34. The molecule has 0 saturated carbocycles. The summed E-state index contributed by atoms with van der Waals surface area (Å²) in [6, 6.07) is 8.36. The van der Waals surface area contributed by atoms with Gasteiger partial charge in [0, 0.05) is 44.8 Å². The quantitative estimate of drug-likeness (QED) is 0.875. The van der Waals surface area contributed by atoms with Crippen LogP contribution in [0.1, 0.15) is 39.7 Å². The summed E-state index contributed by atoms with van der Waals surface area (Å²) in [5, 5.41) is 3.31. The van der Waals surface area contributed by atoms with Crippen molar-refractivity contribution in [3.63, 3.8) is 0 Å². The van der Waals surface area contributed by atoms with Gasteiger partial charge in [-0.15, -0.1) is 0 Å². The van der Waals surface area contributed by atoms with Crippen LogP contribution in [0.4, 0.5) is 10.5 Å². The number of hydrogen-bond acceptors (Lipinski definition) is 4.